The van der Waals surface area contributed by atoms with E-state index < -0.39 is 0 Å². The van der Waals surface area contributed by atoms with E-state index in [0.29, 0.717) is 17.8 Å². The number of urea groups is 1. The molecule has 3 amide bonds. The van der Waals surface area contributed by atoms with E-state index in [4.69, 9.17) is 0 Å². The van der Waals surface area contributed by atoms with E-state index in [0.717, 1.165) is 21.2 Å². The first-order valence-electron chi connectivity index (χ1n) is 9.14. The molecule has 0 atom stereocenters. The lowest BCUT2D eigenvalue weighted by Gasteiger charge is -2.31. The van der Waals surface area contributed by atoms with E-state index in [9.17, 15) is 9.59 Å². The molecule has 1 aliphatic heterocycles. The van der Waals surface area contributed by atoms with Crippen molar-refractivity contribution in [2.45, 2.75) is 9.79 Å². The van der Waals surface area contributed by atoms with Gasteiger partial charge in [0.1, 0.15) is 0 Å². The molecule has 144 valence electrons. The highest BCUT2D eigenvalue weighted by Crippen LogP contribution is 2.48. The summed E-state index contributed by atoms with van der Waals surface area (Å²) in [5.74, 6) is -0.268. The van der Waals surface area contributed by atoms with Gasteiger partial charge in [0.2, 0.25) is 0 Å². The molecule has 4 rings (SSSR count). The fourth-order valence-corrected chi connectivity index (χ4v) is 4.20. The zero-order chi connectivity index (χ0) is 20.2. The lowest BCUT2D eigenvalue weighted by molar-refractivity contribution is 0.0959. The second-order valence-corrected chi connectivity index (χ2v) is 7.43. The number of carbonyl (C=O) groups is 2. The highest BCUT2D eigenvalue weighted by molar-refractivity contribution is 7.99. The summed E-state index contributed by atoms with van der Waals surface area (Å²) in [6, 6.07) is 22.2. The highest BCUT2D eigenvalue weighted by Gasteiger charge is 2.28. The molecule has 2 N–H and O–H groups in total. The molecule has 0 radical (unpaired) electrons. The van der Waals surface area contributed by atoms with Crippen LogP contribution in [0.3, 0.4) is 0 Å². The molecule has 0 bridgehead atoms. The van der Waals surface area contributed by atoms with Crippen LogP contribution in [0.2, 0.25) is 0 Å². The normalized spacial score (nSPS) is 11.8. The Kier molecular flexibility index (Phi) is 5.35. The second kappa shape index (κ2) is 8.24. The van der Waals surface area contributed by atoms with Crippen molar-refractivity contribution in [3.05, 3.63) is 91.0 Å². The van der Waals surface area contributed by atoms with Crippen LogP contribution < -0.4 is 15.5 Å². The number of nitrogens with zero attached hydrogens (tertiary/aromatic N) is 1. The van der Waals surface area contributed by atoms with Crippen molar-refractivity contribution < 1.29 is 9.59 Å². The van der Waals surface area contributed by atoms with Gasteiger partial charge in [-0.25, -0.2) is 4.79 Å². The van der Waals surface area contributed by atoms with Crippen LogP contribution in [0, 0.1) is 0 Å². The number of fused-ring (bicyclic) bond motifs is 2. The van der Waals surface area contributed by atoms with Gasteiger partial charge in [0, 0.05) is 16.3 Å². The molecular weight excluding hydrogens is 382 g/mol. The first-order valence-corrected chi connectivity index (χ1v) is 9.96. The van der Waals surface area contributed by atoms with Gasteiger partial charge in [-0.2, -0.15) is 0 Å². The van der Waals surface area contributed by atoms with Crippen molar-refractivity contribution in [1.29, 1.82) is 0 Å². The predicted molar refractivity (Wildman–Crippen MR) is 117 cm³/mol. The van der Waals surface area contributed by atoms with Crippen LogP contribution in [0.1, 0.15) is 10.4 Å². The summed E-state index contributed by atoms with van der Waals surface area (Å²) in [5.41, 5.74) is 2.47. The number of hydrogen-bond acceptors (Lipinski definition) is 3. The average Bonchev–Trinajstić information content (AvgIpc) is 2.76. The third-order valence-electron chi connectivity index (χ3n) is 4.46. The van der Waals surface area contributed by atoms with Crippen molar-refractivity contribution >= 4 is 40.8 Å². The highest BCUT2D eigenvalue weighted by atomic mass is 32.2. The SMILES string of the molecule is C=CCNC(=O)c1ccccc1NC(=O)N1c2ccccc2Sc2ccccc21. The van der Waals surface area contributed by atoms with Crippen molar-refractivity contribution in [3.8, 4) is 0 Å². The van der Waals surface area contributed by atoms with Crippen LogP contribution >= 0.6 is 11.8 Å². The smallest absolute Gasteiger partial charge is 0.331 e. The van der Waals surface area contributed by atoms with Crippen LogP contribution in [0.4, 0.5) is 21.9 Å². The monoisotopic (exact) mass is 401 g/mol. The molecule has 0 fully saturated rings. The Labute approximate surface area is 173 Å². The van der Waals surface area contributed by atoms with Gasteiger partial charge in [0.05, 0.1) is 22.6 Å². The molecule has 29 heavy (non-hydrogen) atoms. The van der Waals surface area contributed by atoms with E-state index in [2.05, 4.69) is 17.2 Å². The molecule has 1 aliphatic rings. The molecule has 0 spiro atoms. The lowest BCUT2D eigenvalue weighted by Crippen LogP contribution is -2.33. The maximum absolute atomic E-state index is 13.3. The number of anilines is 3. The molecule has 3 aromatic rings. The minimum Gasteiger partial charge on any atom is -0.349 e. The Hall–Kier alpha value is -3.51. The molecular formula is C23H19N3O2S. The fraction of sp³-hybridized carbons (Fsp3) is 0.0435. The third-order valence-corrected chi connectivity index (χ3v) is 5.59. The van der Waals surface area contributed by atoms with E-state index in [-0.39, 0.29) is 11.9 Å². The summed E-state index contributed by atoms with van der Waals surface area (Å²) in [7, 11) is 0. The van der Waals surface area contributed by atoms with Gasteiger partial charge in [-0.3, -0.25) is 9.69 Å². The number of para-hydroxylation sites is 3. The minimum absolute atomic E-state index is 0.268. The van der Waals surface area contributed by atoms with Crippen LogP contribution in [0.5, 0.6) is 0 Å². The Bertz CT molecular complexity index is 1050. The van der Waals surface area contributed by atoms with E-state index in [1.807, 2.05) is 48.5 Å². The Morgan fingerprint density at radius 2 is 1.48 bits per heavy atom. The van der Waals surface area contributed by atoms with Crippen molar-refractivity contribution in [3.63, 3.8) is 0 Å². The number of nitrogens with one attached hydrogen (secondary N) is 2. The van der Waals surface area contributed by atoms with Crippen molar-refractivity contribution in [2.24, 2.45) is 0 Å². The lowest BCUT2D eigenvalue weighted by atomic mass is 10.1. The summed E-state index contributed by atoms with van der Waals surface area (Å²) in [5, 5.41) is 5.66. The van der Waals surface area contributed by atoms with Gasteiger partial charge in [0.15, 0.2) is 0 Å². The third kappa shape index (κ3) is 3.75. The van der Waals surface area contributed by atoms with Gasteiger partial charge in [-0.15, -0.1) is 6.58 Å². The molecule has 0 saturated heterocycles. The number of hydrogen-bond donors (Lipinski definition) is 2. The molecule has 0 saturated carbocycles. The van der Waals surface area contributed by atoms with E-state index in [1.165, 1.54) is 0 Å². The van der Waals surface area contributed by atoms with Gasteiger partial charge in [-0.05, 0) is 36.4 Å². The molecule has 0 aromatic heterocycles. The zero-order valence-corrected chi connectivity index (χ0v) is 16.4. The summed E-state index contributed by atoms with van der Waals surface area (Å²) in [4.78, 5) is 29.4. The summed E-state index contributed by atoms with van der Waals surface area (Å²) < 4.78 is 0. The summed E-state index contributed by atoms with van der Waals surface area (Å²) >= 11 is 1.63. The Morgan fingerprint density at radius 1 is 0.897 bits per heavy atom. The number of carbonyl (C=O) groups excluding carboxylic acids is 2. The molecule has 3 aromatic carbocycles. The van der Waals surface area contributed by atoms with Gasteiger partial charge >= 0.3 is 6.03 Å². The molecule has 1 heterocycles. The molecule has 5 nitrogen and oxygen atoms in total. The fourth-order valence-electron chi connectivity index (χ4n) is 3.14. The standard InChI is InChI=1S/C23H19N3O2S/c1-2-15-24-22(27)16-9-3-4-10-17(16)25-23(28)26-18-11-5-7-13-20(18)29-21-14-8-6-12-19(21)26/h2-14H,1,15H2,(H,24,27)(H,25,28). The zero-order valence-electron chi connectivity index (χ0n) is 15.6. The summed E-state index contributed by atoms with van der Waals surface area (Å²) in [6.45, 7) is 3.96. The predicted octanol–water partition coefficient (Wildman–Crippen LogP) is 5.44. The van der Waals surface area contributed by atoms with Crippen molar-refractivity contribution in [2.75, 3.05) is 16.8 Å². The average molecular weight is 401 g/mol. The van der Waals surface area contributed by atoms with Crippen LogP contribution in [0.25, 0.3) is 0 Å². The van der Waals surface area contributed by atoms with Gasteiger partial charge in [-0.1, -0.05) is 54.2 Å². The maximum Gasteiger partial charge on any atom is 0.331 e. The van der Waals surface area contributed by atoms with E-state index in [1.54, 1.807) is 47.0 Å². The van der Waals surface area contributed by atoms with Crippen LogP contribution in [-0.4, -0.2) is 18.5 Å². The maximum atomic E-state index is 13.3. The molecule has 0 unspecified atom stereocenters. The molecule has 0 aliphatic carbocycles. The molecule has 6 heteroatoms. The van der Waals surface area contributed by atoms with Gasteiger partial charge < -0.3 is 10.6 Å². The first-order chi connectivity index (χ1) is 14.2. The Morgan fingerprint density at radius 3 is 2.14 bits per heavy atom. The Balaban J connectivity index is 1.69. The number of rotatable bonds is 4. The van der Waals surface area contributed by atoms with Crippen LogP contribution in [0.15, 0.2) is 95.2 Å². The first kappa shape index (κ1) is 18.8. The largest absolute Gasteiger partial charge is 0.349 e. The minimum atomic E-state index is -0.325. The number of amides is 3. The second-order valence-electron chi connectivity index (χ2n) is 6.35. The summed E-state index contributed by atoms with van der Waals surface area (Å²) in [6.07, 6.45) is 1.61. The van der Waals surface area contributed by atoms with Gasteiger partial charge in [0.25, 0.3) is 5.91 Å². The van der Waals surface area contributed by atoms with Crippen molar-refractivity contribution in [1.82, 2.24) is 5.32 Å². The van der Waals surface area contributed by atoms with Crippen LogP contribution in [-0.2, 0) is 0 Å². The van der Waals surface area contributed by atoms with E-state index >= 15 is 0 Å². The number of benzene rings is 3. The topological polar surface area (TPSA) is 61.4 Å². The quantitative estimate of drug-likeness (QED) is 0.573.